The maximum Gasteiger partial charge on any atom is 0.0701 e. The molecule has 1 heterocycles. The van der Waals surface area contributed by atoms with Gasteiger partial charge in [-0.3, -0.25) is 4.68 Å². The first-order valence-electron chi connectivity index (χ1n) is 7.92. The molecule has 0 amide bonds. The van der Waals surface area contributed by atoms with Crippen LogP contribution in [-0.4, -0.2) is 16.8 Å². The normalized spacial score (nSPS) is 19.7. The van der Waals surface area contributed by atoms with Gasteiger partial charge in [0.05, 0.1) is 22.4 Å². The van der Waals surface area contributed by atoms with E-state index >= 15 is 0 Å². The number of halogens is 1. The van der Waals surface area contributed by atoms with E-state index in [4.69, 9.17) is 0 Å². The molecule has 1 atom stereocenters. The Bertz CT molecular complexity index is 433. The molecule has 1 N–H and O–H groups in total. The number of hydrogen-bond acceptors (Lipinski definition) is 2. The highest BCUT2D eigenvalue weighted by molar-refractivity contribution is 9.10. The minimum Gasteiger partial charge on any atom is -0.311 e. The highest BCUT2D eigenvalue weighted by atomic mass is 79.9. The zero-order chi connectivity index (χ0) is 14.8. The fourth-order valence-corrected chi connectivity index (χ4v) is 4.67. The topological polar surface area (TPSA) is 29.9 Å². The van der Waals surface area contributed by atoms with Crippen LogP contribution in [0.4, 0.5) is 0 Å². The summed E-state index contributed by atoms with van der Waals surface area (Å²) in [5, 5.41) is 8.13. The van der Waals surface area contributed by atoms with Crippen molar-refractivity contribution in [2.24, 2.45) is 11.3 Å². The van der Waals surface area contributed by atoms with Crippen LogP contribution < -0.4 is 5.32 Å². The summed E-state index contributed by atoms with van der Waals surface area (Å²) in [4.78, 5) is 0. The molecule has 20 heavy (non-hydrogen) atoms. The average molecular weight is 342 g/mol. The van der Waals surface area contributed by atoms with E-state index in [0.29, 0.717) is 11.5 Å². The molecule has 1 fully saturated rings. The third-order valence-corrected chi connectivity index (χ3v) is 5.33. The van der Waals surface area contributed by atoms with Crippen molar-refractivity contribution < 1.29 is 0 Å². The van der Waals surface area contributed by atoms with E-state index < -0.39 is 0 Å². The smallest absolute Gasteiger partial charge is 0.0701 e. The summed E-state index contributed by atoms with van der Waals surface area (Å²) >= 11 is 3.71. The molecule has 0 spiro atoms. The molecule has 0 aromatic carbocycles. The molecule has 114 valence electrons. The van der Waals surface area contributed by atoms with Gasteiger partial charge in [-0.05, 0) is 60.5 Å². The molecule has 1 saturated carbocycles. The summed E-state index contributed by atoms with van der Waals surface area (Å²) < 4.78 is 3.29. The lowest BCUT2D eigenvalue weighted by Crippen LogP contribution is -2.37. The first-order chi connectivity index (χ1) is 9.54. The quantitative estimate of drug-likeness (QED) is 0.823. The van der Waals surface area contributed by atoms with Gasteiger partial charge >= 0.3 is 0 Å². The Morgan fingerprint density at radius 1 is 1.40 bits per heavy atom. The molecule has 0 bridgehead atoms. The van der Waals surface area contributed by atoms with Crippen LogP contribution in [0.1, 0.15) is 64.6 Å². The van der Waals surface area contributed by atoms with Crippen LogP contribution in [0, 0.1) is 11.3 Å². The highest BCUT2D eigenvalue weighted by Crippen LogP contribution is 2.52. The molecule has 1 aromatic rings. The van der Waals surface area contributed by atoms with E-state index in [1.165, 1.54) is 37.8 Å². The summed E-state index contributed by atoms with van der Waals surface area (Å²) in [6.45, 7) is 7.79. The lowest BCUT2D eigenvalue weighted by atomic mass is 9.71. The first-order valence-corrected chi connectivity index (χ1v) is 8.72. The van der Waals surface area contributed by atoms with E-state index in [1.54, 1.807) is 0 Å². The molecule has 1 aliphatic carbocycles. The Labute approximate surface area is 131 Å². The molecule has 0 aliphatic heterocycles. The van der Waals surface area contributed by atoms with Gasteiger partial charge in [-0.1, -0.05) is 26.7 Å². The van der Waals surface area contributed by atoms with Crippen molar-refractivity contribution in [3.63, 3.8) is 0 Å². The predicted molar refractivity (Wildman–Crippen MR) is 87.8 cm³/mol. The van der Waals surface area contributed by atoms with Gasteiger partial charge in [-0.15, -0.1) is 0 Å². The van der Waals surface area contributed by atoms with Gasteiger partial charge in [-0.25, -0.2) is 0 Å². The monoisotopic (exact) mass is 341 g/mol. The lowest BCUT2D eigenvalue weighted by molar-refractivity contribution is 0.154. The second kappa shape index (κ2) is 6.61. The summed E-state index contributed by atoms with van der Waals surface area (Å²) in [6.07, 6.45) is 8.63. The number of aryl methyl sites for hydroxylation is 1. The number of aromatic nitrogens is 2. The molecule has 0 saturated heterocycles. The Kier molecular flexibility index (Phi) is 5.30. The minimum atomic E-state index is 0.387. The third-order valence-electron chi connectivity index (χ3n) is 4.72. The van der Waals surface area contributed by atoms with E-state index in [2.05, 4.69) is 58.8 Å². The van der Waals surface area contributed by atoms with Crippen molar-refractivity contribution in [3.8, 4) is 0 Å². The number of rotatable bonds is 6. The van der Waals surface area contributed by atoms with Crippen LogP contribution in [0.2, 0.25) is 0 Å². The van der Waals surface area contributed by atoms with Crippen LogP contribution >= 0.6 is 15.9 Å². The Morgan fingerprint density at radius 3 is 2.55 bits per heavy atom. The van der Waals surface area contributed by atoms with Gasteiger partial charge in [-0.2, -0.15) is 5.10 Å². The van der Waals surface area contributed by atoms with Crippen molar-refractivity contribution in [2.45, 2.75) is 65.5 Å². The van der Waals surface area contributed by atoms with Crippen molar-refractivity contribution in [3.05, 3.63) is 16.4 Å². The highest BCUT2D eigenvalue weighted by Gasteiger charge is 2.43. The molecule has 4 heteroatoms. The van der Waals surface area contributed by atoms with Crippen LogP contribution in [0.25, 0.3) is 0 Å². The molecule has 0 radical (unpaired) electrons. The second-order valence-corrected chi connectivity index (χ2v) is 7.44. The SMILES string of the molecule is CCn1ncc(Br)c1C(NC)C1(CC(C)C)CCCC1. The Morgan fingerprint density at radius 2 is 2.05 bits per heavy atom. The largest absolute Gasteiger partial charge is 0.311 e. The zero-order valence-corrected chi connectivity index (χ0v) is 14.8. The van der Waals surface area contributed by atoms with Crippen molar-refractivity contribution in [2.75, 3.05) is 7.05 Å². The van der Waals surface area contributed by atoms with Crippen LogP contribution in [0.3, 0.4) is 0 Å². The Hall–Kier alpha value is -0.350. The van der Waals surface area contributed by atoms with Gasteiger partial charge in [0.25, 0.3) is 0 Å². The fourth-order valence-electron chi connectivity index (χ4n) is 4.15. The van der Waals surface area contributed by atoms with Crippen LogP contribution in [0.15, 0.2) is 10.7 Å². The van der Waals surface area contributed by atoms with Gasteiger partial charge in [0.1, 0.15) is 0 Å². The molecule has 2 rings (SSSR count). The van der Waals surface area contributed by atoms with E-state index in [9.17, 15) is 0 Å². The first kappa shape index (κ1) is 16.0. The van der Waals surface area contributed by atoms with Crippen LogP contribution in [-0.2, 0) is 6.54 Å². The van der Waals surface area contributed by atoms with E-state index in [-0.39, 0.29) is 0 Å². The second-order valence-electron chi connectivity index (χ2n) is 6.58. The summed E-state index contributed by atoms with van der Waals surface area (Å²) in [5.74, 6) is 0.737. The van der Waals surface area contributed by atoms with E-state index in [1.807, 2.05) is 6.20 Å². The molecule has 1 aliphatic rings. The average Bonchev–Trinajstić information content (AvgIpc) is 2.99. The van der Waals surface area contributed by atoms with Crippen LogP contribution in [0.5, 0.6) is 0 Å². The number of nitrogens with zero attached hydrogens (tertiary/aromatic N) is 2. The summed E-state index contributed by atoms with van der Waals surface area (Å²) in [6, 6.07) is 0.393. The van der Waals surface area contributed by atoms with Gasteiger partial charge in [0.2, 0.25) is 0 Å². The Balaban J connectivity index is 2.40. The maximum atomic E-state index is 4.51. The van der Waals surface area contributed by atoms with Crippen molar-refractivity contribution in [1.29, 1.82) is 0 Å². The fraction of sp³-hybridized carbons (Fsp3) is 0.812. The third kappa shape index (κ3) is 2.96. The van der Waals surface area contributed by atoms with Crippen molar-refractivity contribution >= 4 is 15.9 Å². The number of hydrogen-bond donors (Lipinski definition) is 1. The summed E-state index contributed by atoms with van der Waals surface area (Å²) in [7, 11) is 2.10. The molecular weight excluding hydrogens is 314 g/mol. The molecule has 3 nitrogen and oxygen atoms in total. The summed E-state index contributed by atoms with van der Waals surface area (Å²) in [5.41, 5.74) is 1.72. The van der Waals surface area contributed by atoms with E-state index in [0.717, 1.165) is 16.9 Å². The van der Waals surface area contributed by atoms with Crippen molar-refractivity contribution in [1.82, 2.24) is 15.1 Å². The predicted octanol–water partition coefficient (Wildman–Crippen LogP) is 4.53. The van der Waals surface area contributed by atoms with Gasteiger partial charge < -0.3 is 5.32 Å². The number of nitrogens with one attached hydrogen (secondary N) is 1. The molecular formula is C16H28BrN3. The maximum absolute atomic E-state index is 4.51. The molecule has 1 aromatic heterocycles. The minimum absolute atomic E-state index is 0.387. The van der Waals surface area contributed by atoms with Gasteiger partial charge in [0, 0.05) is 6.54 Å². The molecule has 1 unspecified atom stereocenters. The standard InChI is InChI=1S/C16H28BrN3/c1-5-20-14(13(17)11-19-20)15(18-4)16(10-12(2)3)8-6-7-9-16/h11-12,15,18H,5-10H2,1-4H3. The van der Waals surface area contributed by atoms with Gasteiger partial charge in [0.15, 0.2) is 0 Å². The lowest BCUT2D eigenvalue weighted by Gasteiger charge is -2.39. The zero-order valence-electron chi connectivity index (χ0n) is 13.2.